The van der Waals surface area contributed by atoms with Gasteiger partial charge in [-0.15, -0.1) is 0 Å². The minimum Gasteiger partial charge on any atom is -0.350 e. The summed E-state index contributed by atoms with van der Waals surface area (Å²) >= 11 is 6.32. The Balaban J connectivity index is 2.10. The molecule has 2 aromatic carbocycles. The molecule has 0 aliphatic rings. The number of hydrogen-bond acceptors (Lipinski definition) is 2. The normalized spacial score (nSPS) is 10.4. The number of hydrogen-bond donors (Lipinski definition) is 1. The molecule has 2 aromatic rings. The Labute approximate surface area is 153 Å². The fourth-order valence-electron chi connectivity index (χ4n) is 2.70. The molecule has 0 saturated heterocycles. The third kappa shape index (κ3) is 5.07. The van der Waals surface area contributed by atoms with E-state index in [0.29, 0.717) is 17.3 Å². The summed E-state index contributed by atoms with van der Waals surface area (Å²) in [4.78, 5) is 25.8. The van der Waals surface area contributed by atoms with Gasteiger partial charge in [-0.05, 0) is 43.5 Å². The van der Waals surface area contributed by atoms with Crippen molar-refractivity contribution in [1.29, 1.82) is 0 Å². The van der Waals surface area contributed by atoms with Crippen molar-refractivity contribution in [1.82, 2.24) is 5.32 Å². The number of anilines is 1. The van der Waals surface area contributed by atoms with Crippen LogP contribution in [-0.4, -0.2) is 18.4 Å². The first-order valence-corrected chi connectivity index (χ1v) is 8.53. The smallest absolute Gasteiger partial charge is 0.240 e. The highest BCUT2D eigenvalue weighted by Gasteiger charge is 2.20. The van der Waals surface area contributed by atoms with Crippen molar-refractivity contribution >= 4 is 29.1 Å². The Morgan fingerprint density at radius 2 is 1.68 bits per heavy atom. The summed E-state index contributed by atoms with van der Waals surface area (Å²) in [6.45, 7) is 7.63. The number of aryl methyl sites for hydroxylation is 3. The third-order valence-electron chi connectivity index (χ3n) is 3.96. The molecule has 0 aliphatic carbocycles. The van der Waals surface area contributed by atoms with Gasteiger partial charge < -0.3 is 10.2 Å². The van der Waals surface area contributed by atoms with E-state index in [1.54, 1.807) is 6.07 Å². The molecule has 4 nitrogen and oxygen atoms in total. The summed E-state index contributed by atoms with van der Waals surface area (Å²) in [6.07, 6.45) is 0. The van der Waals surface area contributed by atoms with Crippen LogP contribution >= 0.6 is 11.6 Å². The molecule has 0 radical (unpaired) electrons. The number of benzene rings is 2. The minimum absolute atomic E-state index is 0.0647. The second-order valence-corrected chi connectivity index (χ2v) is 6.69. The lowest BCUT2D eigenvalue weighted by Crippen LogP contribution is -2.40. The predicted octanol–water partition coefficient (Wildman–Crippen LogP) is 3.93. The lowest BCUT2D eigenvalue weighted by atomic mass is 10.1. The second-order valence-electron chi connectivity index (χ2n) is 6.28. The van der Waals surface area contributed by atoms with Crippen LogP contribution in [0.25, 0.3) is 0 Å². The zero-order chi connectivity index (χ0) is 18.6. The molecule has 2 rings (SSSR count). The molecule has 0 atom stereocenters. The van der Waals surface area contributed by atoms with Crippen LogP contribution in [0.5, 0.6) is 0 Å². The number of amides is 2. The van der Waals surface area contributed by atoms with Crippen molar-refractivity contribution in [2.75, 3.05) is 11.4 Å². The first-order valence-electron chi connectivity index (χ1n) is 8.15. The van der Waals surface area contributed by atoms with Gasteiger partial charge in [-0.1, -0.05) is 47.5 Å². The largest absolute Gasteiger partial charge is 0.350 e. The van der Waals surface area contributed by atoms with E-state index in [2.05, 4.69) is 5.32 Å². The van der Waals surface area contributed by atoms with Gasteiger partial charge in [0.25, 0.3) is 0 Å². The molecule has 132 valence electrons. The van der Waals surface area contributed by atoms with Crippen LogP contribution in [0.2, 0.25) is 5.02 Å². The lowest BCUT2D eigenvalue weighted by Gasteiger charge is -2.24. The van der Waals surface area contributed by atoms with Crippen LogP contribution in [0.4, 0.5) is 5.69 Å². The van der Waals surface area contributed by atoms with Gasteiger partial charge in [-0.3, -0.25) is 9.59 Å². The summed E-state index contributed by atoms with van der Waals surface area (Å²) < 4.78 is 0. The van der Waals surface area contributed by atoms with Gasteiger partial charge in [0.15, 0.2) is 0 Å². The Bertz CT molecular complexity index is 762. The van der Waals surface area contributed by atoms with Gasteiger partial charge in [0, 0.05) is 13.5 Å². The van der Waals surface area contributed by atoms with Gasteiger partial charge in [-0.2, -0.15) is 0 Å². The standard InChI is InChI=1S/C20H23ClN2O2/c1-13-5-7-17(8-6-13)11-22-19(25)12-23(16(4)24)20-15(3)9-14(2)10-18(20)21/h5-10H,11-12H2,1-4H3,(H,22,25). The maximum absolute atomic E-state index is 12.3. The highest BCUT2D eigenvalue weighted by Crippen LogP contribution is 2.31. The van der Waals surface area contributed by atoms with E-state index in [4.69, 9.17) is 11.6 Å². The lowest BCUT2D eigenvalue weighted by molar-refractivity contribution is -0.123. The highest BCUT2D eigenvalue weighted by molar-refractivity contribution is 6.34. The first kappa shape index (κ1) is 19.0. The molecule has 0 unspecified atom stereocenters. The summed E-state index contributed by atoms with van der Waals surface area (Å²) in [5.41, 5.74) is 4.65. The van der Waals surface area contributed by atoms with Crippen LogP contribution in [0.15, 0.2) is 36.4 Å². The molecule has 0 heterocycles. The van der Waals surface area contributed by atoms with Crippen molar-refractivity contribution in [2.24, 2.45) is 0 Å². The minimum atomic E-state index is -0.230. The monoisotopic (exact) mass is 358 g/mol. The van der Waals surface area contributed by atoms with Crippen LogP contribution < -0.4 is 10.2 Å². The zero-order valence-corrected chi connectivity index (χ0v) is 15.8. The van der Waals surface area contributed by atoms with E-state index in [-0.39, 0.29) is 18.4 Å². The number of carbonyl (C=O) groups is 2. The SMILES string of the molecule is CC(=O)N(CC(=O)NCc1ccc(C)cc1)c1c(C)cc(C)cc1Cl. The topological polar surface area (TPSA) is 49.4 Å². The second kappa shape index (κ2) is 8.17. The molecule has 0 aromatic heterocycles. The predicted molar refractivity (Wildman–Crippen MR) is 102 cm³/mol. The summed E-state index contributed by atoms with van der Waals surface area (Å²) in [5, 5.41) is 3.32. The summed E-state index contributed by atoms with van der Waals surface area (Å²) in [5.74, 6) is -0.453. The fraction of sp³-hybridized carbons (Fsp3) is 0.300. The molecule has 0 saturated carbocycles. The van der Waals surface area contributed by atoms with Crippen LogP contribution in [-0.2, 0) is 16.1 Å². The molecule has 0 fully saturated rings. The Hall–Kier alpha value is -2.33. The van der Waals surface area contributed by atoms with E-state index < -0.39 is 0 Å². The molecular formula is C20H23ClN2O2. The quantitative estimate of drug-likeness (QED) is 0.880. The van der Waals surface area contributed by atoms with E-state index >= 15 is 0 Å². The molecular weight excluding hydrogens is 336 g/mol. The summed E-state index contributed by atoms with van der Waals surface area (Å²) in [7, 11) is 0. The third-order valence-corrected chi connectivity index (χ3v) is 4.25. The van der Waals surface area contributed by atoms with Crippen molar-refractivity contribution < 1.29 is 9.59 Å². The number of carbonyl (C=O) groups excluding carboxylic acids is 2. The van der Waals surface area contributed by atoms with Crippen molar-refractivity contribution in [3.63, 3.8) is 0 Å². The molecule has 25 heavy (non-hydrogen) atoms. The van der Waals surface area contributed by atoms with Crippen molar-refractivity contribution in [3.8, 4) is 0 Å². The van der Waals surface area contributed by atoms with Gasteiger partial charge in [0.1, 0.15) is 6.54 Å². The van der Waals surface area contributed by atoms with Crippen molar-refractivity contribution in [3.05, 3.63) is 63.7 Å². The average Bonchev–Trinajstić information content (AvgIpc) is 2.52. The van der Waals surface area contributed by atoms with Crippen LogP contribution in [0.3, 0.4) is 0 Å². The van der Waals surface area contributed by atoms with Gasteiger partial charge in [-0.25, -0.2) is 0 Å². The Morgan fingerprint density at radius 1 is 1.04 bits per heavy atom. The Morgan fingerprint density at radius 3 is 2.24 bits per heavy atom. The number of halogens is 1. The number of nitrogens with zero attached hydrogens (tertiary/aromatic N) is 1. The highest BCUT2D eigenvalue weighted by atomic mass is 35.5. The van der Waals surface area contributed by atoms with Gasteiger partial charge in [0.05, 0.1) is 10.7 Å². The fourth-order valence-corrected chi connectivity index (χ4v) is 3.13. The molecule has 0 spiro atoms. The molecule has 5 heteroatoms. The molecule has 0 bridgehead atoms. The first-order chi connectivity index (χ1) is 11.8. The molecule has 1 N–H and O–H groups in total. The van der Waals surface area contributed by atoms with E-state index in [9.17, 15) is 9.59 Å². The van der Waals surface area contributed by atoms with Gasteiger partial charge >= 0.3 is 0 Å². The van der Waals surface area contributed by atoms with E-state index in [0.717, 1.165) is 16.7 Å². The summed E-state index contributed by atoms with van der Waals surface area (Å²) in [6, 6.07) is 11.7. The van der Waals surface area contributed by atoms with Crippen molar-refractivity contribution in [2.45, 2.75) is 34.2 Å². The Kier molecular flexibility index (Phi) is 6.21. The zero-order valence-electron chi connectivity index (χ0n) is 15.0. The average molecular weight is 359 g/mol. The van der Waals surface area contributed by atoms with E-state index in [1.165, 1.54) is 17.4 Å². The number of rotatable bonds is 5. The molecule has 0 aliphatic heterocycles. The van der Waals surface area contributed by atoms with Gasteiger partial charge in [0.2, 0.25) is 11.8 Å². The van der Waals surface area contributed by atoms with Crippen LogP contribution in [0, 0.1) is 20.8 Å². The van der Waals surface area contributed by atoms with Crippen LogP contribution in [0.1, 0.15) is 29.2 Å². The number of nitrogens with one attached hydrogen (secondary N) is 1. The maximum Gasteiger partial charge on any atom is 0.240 e. The van der Waals surface area contributed by atoms with E-state index in [1.807, 2.05) is 51.1 Å². The maximum atomic E-state index is 12.3. The molecule has 2 amide bonds.